The molecule has 0 bridgehead atoms. The predicted molar refractivity (Wildman–Crippen MR) is 48.9 cm³/mol. The van der Waals surface area contributed by atoms with Crippen LogP contribution in [0.4, 0.5) is 0 Å². The molecule has 0 radical (unpaired) electrons. The van der Waals surface area contributed by atoms with E-state index in [1.165, 1.54) is 6.42 Å². The van der Waals surface area contributed by atoms with Crippen LogP contribution in [0.25, 0.3) is 0 Å². The first-order chi connectivity index (χ1) is 5.79. The Bertz CT molecular complexity index is 147. The lowest BCUT2D eigenvalue weighted by Crippen LogP contribution is -2.31. The molecule has 0 aromatic carbocycles. The van der Waals surface area contributed by atoms with E-state index in [9.17, 15) is 4.79 Å². The first kappa shape index (κ1) is 9.52. The quantitative estimate of drug-likeness (QED) is 0.556. The van der Waals surface area contributed by atoms with E-state index in [-0.39, 0.29) is 5.91 Å². The fourth-order valence-corrected chi connectivity index (χ4v) is 1.37. The standard InChI is InChI=1S/C9H18N2O/c1-8-2-5-10-6-4-9(12)11-7-3-8/h8,10H,2-7H2,1H3,(H,11,12)/t8-/m0/s1. The second kappa shape index (κ2) is 5.14. The molecule has 3 heteroatoms. The van der Waals surface area contributed by atoms with Crippen LogP contribution < -0.4 is 10.6 Å². The van der Waals surface area contributed by atoms with E-state index in [0.29, 0.717) is 6.42 Å². The van der Waals surface area contributed by atoms with Gasteiger partial charge in [-0.15, -0.1) is 0 Å². The van der Waals surface area contributed by atoms with E-state index in [2.05, 4.69) is 17.6 Å². The zero-order valence-corrected chi connectivity index (χ0v) is 7.73. The van der Waals surface area contributed by atoms with Gasteiger partial charge in [0.05, 0.1) is 0 Å². The zero-order valence-electron chi connectivity index (χ0n) is 7.73. The normalized spacial score (nSPS) is 27.8. The van der Waals surface area contributed by atoms with Gasteiger partial charge in [0.15, 0.2) is 0 Å². The average Bonchev–Trinajstić information content (AvgIpc) is 2.04. The van der Waals surface area contributed by atoms with Crippen LogP contribution in [0.1, 0.15) is 26.2 Å². The maximum Gasteiger partial charge on any atom is 0.221 e. The van der Waals surface area contributed by atoms with Crippen molar-refractivity contribution in [2.75, 3.05) is 19.6 Å². The van der Waals surface area contributed by atoms with Crippen molar-refractivity contribution in [2.24, 2.45) is 5.92 Å². The van der Waals surface area contributed by atoms with Crippen molar-refractivity contribution >= 4 is 5.91 Å². The van der Waals surface area contributed by atoms with Gasteiger partial charge in [-0.3, -0.25) is 4.79 Å². The van der Waals surface area contributed by atoms with Gasteiger partial charge in [0.2, 0.25) is 5.91 Å². The number of nitrogens with one attached hydrogen (secondary N) is 2. The van der Waals surface area contributed by atoms with Crippen molar-refractivity contribution in [2.45, 2.75) is 26.2 Å². The highest BCUT2D eigenvalue weighted by Gasteiger charge is 2.06. The lowest BCUT2D eigenvalue weighted by atomic mass is 10.0. The summed E-state index contributed by atoms with van der Waals surface area (Å²) in [4.78, 5) is 11.1. The molecule has 1 heterocycles. The minimum atomic E-state index is 0.177. The Balaban J connectivity index is 2.26. The van der Waals surface area contributed by atoms with Gasteiger partial charge in [0, 0.05) is 19.5 Å². The largest absolute Gasteiger partial charge is 0.356 e. The molecule has 1 rings (SSSR count). The number of rotatable bonds is 0. The molecule has 2 N–H and O–H groups in total. The van der Waals surface area contributed by atoms with E-state index in [1.54, 1.807) is 0 Å². The van der Waals surface area contributed by atoms with Gasteiger partial charge in [-0.1, -0.05) is 6.92 Å². The molecule has 70 valence electrons. The fraction of sp³-hybridized carbons (Fsp3) is 0.889. The number of amides is 1. The van der Waals surface area contributed by atoms with Crippen LogP contribution >= 0.6 is 0 Å². The molecule has 12 heavy (non-hydrogen) atoms. The van der Waals surface area contributed by atoms with E-state index in [4.69, 9.17) is 0 Å². The topological polar surface area (TPSA) is 41.1 Å². The summed E-state index contributed by atoms with van der Waals surface area (Å²) in [5.41, 5.74) is 0. The lowest BCUT2D eigenvalue weighted by molar-refractivity contribution is -0.121. The predicted octanol–water partition coefficient (Wildman–Crippen LogP) is 0.512. The zero-order chi connectivity index (χ0) is 8.81. The molecular formula is C9H18N2O. The Morgan fingerprint density at radius 3 is 2.83 bits per heavy atom. The lowest BCUT2D eigenvalue weighted by Gasteiger charge is -2.15. The van der Waals surface area contributed by atoms with Gasteiger partial charge < -0.3 is 10.6 Å². The van der Waals surface area contributed by atoms with Crippen molar-refractivity contribution in [1.29, 1.82) is 0 Å². The van der Waals surface area contributed by atoms with Crippen molar-refractivity contribution in [3.8, 4) is 0 Å². The minimum absolute atomic E-state index is 0.177. The fourth-order valence-electron chi connectivity index (χ4n) is 1.37. The third kappa shape index (κ3) is 3.72. The Morgan fingerprint density at radius 1 is 1.25 bits per heavy atom. The van der Waals surface area contributed by atoms with Gasteiger partial charge in [-0.05, 0) is 25.3 Å². The van der Waals surface area contributed by atoms with Crippen molar-refractivity contribution < 1.29 is 4.79 Å². The van der Waals surface area contributed by atoms with Crippen LogP contribution in [-0.2, 0) is 4.79 Å². The molecule has 1 aliphatic rings. The molecule has 1 atom stereocenters. The van der Waals surface area contributed by atoms with Crippen molar-refractivity contribution in [3.63, 3.8) is 0 Å². The summed E-state index contributed by atoms with van der Waals surface area (Å²) < 4.78 is 0. The van der Waals surface area contributed by atoms with E-state index < -0.39 is 0 Å². The van der Waals surface area contributed by atoms with Crippen molar-refractivity contribution in [3.05, 3.63) is 0 Å². The highest BCUT2D eigenvalue weighted by molar-refractivity contribution is 5.75. The summed E-state index contributed by atoms with van der Waals surface area (Å²) in [7, 11) is 0. The number of hydrogen-bond acceptors (Lipinski definition) is 2. The maximum atomic E-state index is 11.1. The smallest absolute Gasteiger partial charge is 0.221 e. The summed E-state index contributed by atoms with van der Waals surface area (Å²) in [5, 5.41) is 6.16. The second-order valence-corrected chi connectivity index (χ2v) is 3.53. The highest BCUT2D eigenvalue weighted by atomic mass is 16.1. The molecule has 1 fully saturated rings. The molecule has 1 saturated heterocycles. The van der Waals surface area contributed by atoms with E-state index in [1.807, 2.05) is 0 Å². The second-order valence-electron chi connectivity index (χ2n) is 3.53. The molecule has 1 aliphatic heterocycles. The molecule has 0 aromatic rings. The Hall–Kier alpha value is -0.570. The van der Waals surface area contributed by atoms with Crippen LogP contribution in [0.2, 0.25) is 0 Å². The van der Waals surface area contributed by atoms with Crippen LogP contribution in [0.3, 0.4) is 0 Å². The average molecular weight is 170 g/mol. The summed E-state index contributed by atoms with van der Waals surface area (Å²) in [6.07, 6.45) is 2.94. The number of carbonyl (C=O) groups is 1. The van der Waals surface area contributed by atoms with Crippen LogP contribution in [0, 0.1) is 5.92 Å². The van der Waals surface area contributed by atoms with Crippen LogP contribution in [0.5, 0.6) is 0 Å². The minimum Gasteiger partial charge on any atom is -0.356 e. The molecule has 0 aliphatic carbocycles. The molecule has 0 saturated carbocycles. The van der Waals surface area contributed by atoms with E-state index in [0.717, 1.165) is 32.0 Å². The molecule has 0 unspecified atom stereocenters. The van der Waals surface area contributed by atoms with Gasteiger partial charge in [0.25, 0.3) is 0 Å². The van der Waals surface area contributed by atoms with Crippen molar-refractivity contribution in [1.82, 2.24) is 10.6 Å². The molecule has 1 amide bonds. The Morgan fingerprint density at radius 2 is 2.00 bits per heavy atom. The van der Waals surface area contributed by atoms with Gasteiger partial charge in [-0.25, -0.2) is 0 Å². The molecular weight excluding hydrogens is 152 g/mol. The summed E-state index contributed by atoms with van der Waals surface area (Å²) >= 11 is 0. The number of hydrogen-bond donors (Lipinski definition) is 2. The Kier molecular flexibility index (Phi) is 4.08. The van der Waals surface area contributed by atoms with Crippen LogP contribution in [0.15, 0.2) is 0 Å². The van der Waals surface area contributed by atoms with Crippen LogP contribution in [-0.4, -0.2) is 25.5 Å². The van der Waals surface area contributed by atoms with Gasteiger partial charge in [-0.2, -0.15) is 0 Å². The highest BCUT2D eigenvalue weighted by Crippen LogP contribution is 2.05. The maximum absolute atomic E-state index is 11.1. The van der Waals surface area contributed by atoms with Gasteiger partial charge in [0.1, 0.15) is 0 Å². The summed E-state index contributed by atoms with van der Waals surface area (Å²) in [6.45, 7) is 4.95. The summed E-state index contributed by atoms with van der Waals surface area (Å²) in [5.74, 6) is 0.896. The monoisotopic (exact) mass is 170 g/mol. The molecule has 0 aromatic heterocycles. The first-order valence-corrected chi connectivity index (χ1v) is 4.76. The molecule has 0 spiro atoms. The third-order valence-corrected chi connectivity index (χ3v) is 2.30. The third-order valence-electron chi connectivity index (χ3n) is 2.30. The number of carbonyl (C=O) groups excluding carboxylic acids is 1. The summed E-state index contributed by atoms with van der Waals surface area (Å²) in [6, 6.07) is 0. The first-order valence-electron chi connectivity index (χ1n) is 4.76. The Labute approximate surface area is 73.9 Å². The SMILES string of the molecule is C[C@H]1CCNCCC(=O)NCC1. The van der Waals surface area contributed by atoms with E-state index >= 15 is 0 Å². The van der Waals surface area contributed by atoms with Gasteiger partial charge >= 0.3 is 0 Å². The molecule has 3 nitrogen and oxygen atoms in total.